The number of hydrogen-bond acceptors (Lipinski definition) is 4. The first kappa shape index (κ1) is 17.1. The van der Waals surface area contributed by atoms with Gasteiger partial charge in [-0.25, -0.2) is 18.1 Å². The summed E-state index contributed by atoms with van der Waals surface area (Å²) in [5, 5.41) is 11.0. The highest BCUT2D eigenvalue weighted by molar-refractivity contribution is 5.90. The zero-order valence-corrected chi connectivity index (χ0v) is 12.5. The molecule has 0 saturated carbocycles. The Hall–Kier alpha value is -3.28. The Kier molecular flexibility index (Phi) is 4.89. The van der Waals surface area contributed by atoms with Crippen molar-refractivity contribution in [3.63, 3.8) is 0 Å². The highest BCUT2D eigenvalue weighted by atomic mass is 19.1. The molecule has 0 aliphatic carbocycles. The third kappa shape index (κ3) is 3.38. The minimum Gasteiger partial charge on any atom is -0.322 e. The van der Waals surface area contributed by atoms with Crippen LogP contribution in [-0.4, -0.2) is 15.0 Å². The summed E-state index contributed by atoms with van der Waals surface area (Å²) in [7, 11) is 0. The molecule has 0 bridgehead atoms. The van der Waals surface area contributed by atoms with Crippen molar-refractivity contribution in [2.24, 2.45) is 0 Å². The first-order chi connectivity index (χ1) is 11.4. The number of carbonyl (C=O) groups is 1. The topological polar surface area (TPSA) is 96.9 Å². The molecule has 1 aromatic carbocycles. The van der Waals surface area contributed by atoms with Crippen molar-refractivity contribution in [3.8, 4) is 6.07 Å². The van der Waals surface area contributed by atoms with E-state index in [1.807, 2.05) is 0 Å². The van der Waals surface area contributed by atoms with Gasteiger partial charge in [-0.05, 0) is 19.1 Å². The van der Waals surface area contributed by atoms with Crippen LogP contribution in [0.5, 0.6) is 0 Å². The monoisotopic (exact) mass is 334 g/mol. The number of rotatable bonds is 4. The molecule has 124 valence electrons. The van der Waals surface area contributed by atoms with Crippen LogP contribution < -0.4 is 16.6 Å². The second kappa shape index (κ2) is 6.87. The Morgan fingerprint density at radius 1 is 1.33 bits per heavy atom. The van der Waals surface area contributed by atoms with Gasteiger partial charge in [0.2, 0.25) is 5.91 Å². The van der Waals surface area contributed by atoms with Crippen LogP contribution in [0, 0.1) is 23.0 Å². The lowest BCUT2D eigenvalue weighted by Crippen LogP contribution is -2.43. The van der Waals surface area contributed by atoms with Gasteiger partial charge in [-0.15, -0.1) is 0 Å². The molecular weight excluding hydrogens is 322 g/mol. The number of halogens is 2. The van der Waals surface area contributed by atoms with Gasteiger partial charge in [0.15, 0.2) is 0 Å². The van der Waals surface area contributed by atoms with Gasteiger partial charge in [0.05, 0.1) is 5.69 Å². The molecule has 0 atom stereocenters. The second-order valence-electron chi connectivity index (χ2n) is 4.79. The fourth-order valence-corrected chi connectivity index (χ4v) is 2.02. The molecule has 0 aliphatic heterocycles. The van der Waals surface area contributed by atoms with E-state index in [9.17, 15) is 23.2 Å². The number of aromatic nitrogens is 2. The zero-order valence-electron chi connectivity index (χ0n) is 12.5. The van der Waals surface area contributed by atoms with Gasteiger partial charge in [0, 0.05) is 18.8 Å². The number of anilines is 1. The van der Waals surface area contributed by atoms with Crippen LogP contribution in [0.2, 0.25) is 0 Å². The van der Waals surface area contributed by atoms with Gasteiger partial charge in [0.25, 0.3) is 5.56 Å². The number of aryl methyl sites for hydroxylation is 1. The summed E-state index contributed by atoms with van der Waals surface area (Å²) < 4.78 is 28.3. The van der Waals surface area contributed by atoms with Gasteiger partial charge < -0.3 is 5.32 Å². The standard InChI is InChI=1S/C15H12F2N4O3/c1-2-20-7-9(6-18)14(23)21(15(20)24)8-13(22)19-12-5-10(16)3-4-11(12)17/h3-5,7H,2,8H2,1H3,(H,19,22). The molecule has 0 saturated heterocycles. The predicted molar refractivity (Wildman–Crippen MR) is 80.3 cm³/mol. The Labute approximate surface area is 134 Å². The fourth-order valence-electron chi connectivity index (χ4n) is 2.02. The SMILES string of the molecule is CCn1cc(C#N)c(=O)n(CC(=O)Nc2cc(F)ccc2F)c1=O. The maximum absolute atomic E-state index is 13.5. The van der Waals surface area contributed by atoms with Crippen molar-refractivity contribution in [2.75, 3.05) is 5.32 Å². The maximum atomic E-state index is 13.5. The largest absolute Gasteiger partial charge is 0.331 e. The van der Waals surface area contributed by atoms with E-state index < -0.39 is 41.0 Å². The summed E-state index contributed by atoms with van der Waals surface area (Å²) in [4.78, 5) is 36.1. The van der Waals surface area contributed by atoms with Gasteiger partial charge in [-0.3, -0.25) is 14.2 Å². The molecular formula is C15H12F2N4O3. The molecule has 1 aromatic heterocycles. The lowest BCUT2D eigenvalue weighted by atomic mass is 10.3. The molecule has 0 aliphatic rings. The van der Waals surface area contributed by atoms with Crippen molar-refractivity contribution in [1.29, 1.82) is 5.26 Å². The molecule has 2 aromatic rings. The smallest absolute Gasteiger partial charge is 0.322 e. The third-order valence-electron chi connectivity index (χ3n) is 3.20. The number of benzene rings is 1. The van der Waals surface area contributed by atoms with E-state index in [-0.39, 0.29) is 12.1 Å². The van der Waals surface area contributed by atoms with E-state index in [0.29, 0.717) is 4.57 Å². The fraction of sp³-hybridized carbons (Fsp3) is 0.200. The zero-order chi connectivity index (χ0) is 17.9. The maximum Gasteiger partial charge on any atom is 0.331 e. The van der Waals surface area contributed by atoms with Crippen LogP contribution in [0.4, 0.5) is 14.5 Å². The number of carbonyl (C=O) groups excluding carboxylic acids is 1. The molecule has 0 fully saturated rings. The number of nitrogens with one attached hydrogen (secondary N) is 1. The quantitative estimate of drug-likeness (QED) is 0.895. The molecule has 0 spiro atoms. The van der Waals surface area contributed by atoms with E-state index in [1.165, 1.54) is 0 Å². The lowest BCUT2D eigenvalue weighted by molar-refractivity contribution is -0.116. The Balaban J connectivity index is 2.36. The summed E-state index contributed by atoms with van der Waals surface area (Å²) in [5.74, 6) is -2.53. The van der Waals surface area contributed by atoms with Crippen LogP contribution in [-0.2, 0) is 17.9 Å². The van der Waals surface area contributed by atoms with E-state index in [4.69, 9.17) is 5.26 Å². The normalized spacial score (nSPS) is 10.2. The first-order valence-electron chi connectivity index (χ1n) is 6.86. The average molecular weight is 334 g/mol. The van der Waals surface area contributed by atoms with Crippen LogP contribution in [0.25, 0.3) is 0 Å². The number of amides is 1. The van der Waals surface area contributed by atoms with Gasteiger partial charge >= 0.3 is 5.69 Å². The van der Waals surface area contributed by atoms with E-state index in [2.05, 4.69) is 5.32 Å². The Bertz CT molecular complexity index is 957. The highest BCUT2D eigenvalue weighted by Crippen LogP contribution is 2.15. The third-order valence-corrected chi connectivity index (χ3v) is 3.20. The molecule has 0 unspecified atom stereocenters. The molecule has 24 heavy (non-hydrogen) atoms. The molecule has 7 nitrogen and oxygen atoms in total. The van der Waals surface area contributed by atoms with Crippen LogP contribution in [0.3, 0.4) is 0 Å². The van der Waals surface area contributed by atoms with E-state index >= 15 is 0 Å². The number of hydrogen-bond donors (Lipinski definition) is 1. The van der Waals surface area contributed by atoms with Crippen molar-refractivity contribution in [2.45, 2.75) is 20.0 Å². The van der Waals surface area contributed by atoms with Crippen LogP contribution >= 0.6 is 0 Å². The Morgan fingerprint density at radius 2 is 2.04 bits per heavy atom. The lowest BCUT2D eigenvalue weighted by Gasteiger charge is -2.10. The molecule has 1 amide bonds. The number of nitrogens with zero attached hydrogens (tertiary/aromatic N) is 3. The van der Waals surface area contributed by atoms with Crippen LogP contribution in [0.15, 0.2) is 34.0 Å². The van der Waals surface area contributed by atoms with Crippen molar-refractivity contribution < 1.29 is 13.6 Å². The van der Waals surface area contributed by atoms with Gasteiger partial charge in [-0.2, -0.15) is 5.26 Å². The highest BCUT2D eigenvalue weighted by Gasteiger charge is 2.15. The summed E-state index contributed by atoms with van der Waals surface area (Å²) in [5.41, 5.74) is -2.43. The van der Waals surface area contributed by atoms with Gasteiger partial charge in [0.1, 0.15) is 29.8 Å². The second-order valence-corrected chi connectivity index (χ2v) is 4.79. The summed E-state index contributed by atoms with van der Waals surface area (Å²) in [6.45, 7) is 1.08. The molecule has 0 radical (unpaired) electrons. The van der Waals surface area contributed by atoms with Crippen molar-refractivity contribution >= 4 is 11.6 Å². The first-order valence-corrected chi connectivity index (χ1v) is 6.86. The number of nitriles is 1. The minimum absolute atomic E-state index is 0.188. The molecule has 1 N–H and O–H groups in total. The summed E-state index contributed by atoms with van der Waals surface area (Å²) >= 11 is 0. The Morgan fingerprint density at radius 3 is 2.67 bits per heavy atom. The molecule has 1 heterocycles. The minimum atomic E-state index is -0.929. The predicted octanol–water partition coefficient (Wildman–Crippen LogP) is 0.818. The summed E-state index contributed by atoms with van der Waals surface area (Å²) in [6.07, 6.45) is 1.10. The van der Waals surface area contributed by atoms with E-state index in [0.717, 1.165) is 29.0 Å². The average Bonchev–Trinajstić information content (AvgIpc) is 2.55. The van der Waals surface area contributed by atoms with E-state index in [1.54, 1.807) is 13.0 Å². The van der Waals surface area contributed by atoms with Crippen molar-refractivity contribution in [1.82, 2.24) is 9.13 Å². The van der Waals surface area contributed by atoms with Crippen LogP contribution in [0.1, 0.15) is 12.5 Å². The summed E-state index contributed by atoms with van der Waals surface area (Å²) in [6, 6.07) is 4.12. The molecule has 9 heteroatoms. The van der Waals surface area contributed by atoms with Gasteiger partial charge in [-0.1, -0.05) is 0 Å². The molecule has 2 rings (SSSR count). The van der Waals surface area contributed by atoms with Crippen molar-refractivity contribution in [3.05, 3.63) is 62.4 Å².